The van der Waals surface area contributed by atoms with Crippen molar-refractivity contribution in [2.45, 2.75) is 23.5 Å². The topological polar surface area (TPSA) is 75.7 Å². The van der Waals surface area contributed by atoms with Crippen LogP contribution < -0.4 is 14.4 Å². The second kappa shape index (κ2) is 11.8. The molecule has 174 valence electrons. The number of nitrogens with zero attached hydrogens (tertiary/aromatic N) is 1. The second-order valence-electron chi connectivity index (χ2n) is 7.46. The van der Waals surface area contributed by atoms with Gasteiger partial charge in [-0.05, 0) is 48.4 Å². The minimum Gasteiger partial charge on any atom is -0.495 e. The summed E-state index contributed by atoms with van der Waals surface area (Å²) in [6, 6.07) is 24.9. The van der Waals surface area contributed by atoms with Gasteiger partial charge in [0.1, 0.15) is 5.75 Å². The molecule has 0 bridgehead atoms. The Labute approximate surface area is 200 Å². The fraction of sp³-hybridized carbons (Fsp3) is 0.240. The van der Waals surface area contributed by atoms with E-state index in [1.165, 1.54) is 21.9 Å². The average molecular weight is 485 g/mol. The Morgan fingerprint density at radius 2 is 1.64 bits per heavy atom. The first-order valence-corrected chi connectivity index (χ1v) is 13.4. The highest BCUT2D eigenvalue weighted by Gasteiger charge is 2.20. The van der Waals surface area contributed by atoms with Gasteiger partial charge in [-0.25, -0.2) is 8.42 Å². The lowest BCUT2D eigenvalue weighted by Crippen LogP contribution is -2.31. The van der Waals surface area contributed by atoms with Crippen LogP contribution in [0.3, 0.4) is 0 Å². The highest BCUT2D eigenvalue weighted by molar-refractivity contribution is 7.98. The number of hydrogen-bond donors (Lipinski definition) is 1. The quantitative estimate of drug-likeness (QED) is 0.380. The molecule has 0 aliphatic rings. The summed E-state index contributed by atoms with van der Waals surface area (Å²) in [5.74, 6) is 1.16. The van der Waals surface area contributed by atoms with E-state index in [1.54, 1.807) is 36.0 Å². The van der Waals surface area contributed by atoms with Crippen molar-refractivity contribution in [1.29, 1.82) is 0 Å². The van der Waals surface area contributed by atoms with Crippen molar-refractivity contribution >= 4 is 39.1 Å². The molecule has 8 heteroatoms. The predicted octanol–water partition coefficient (Wildman–Crippen LogP) is 5.17. The van der Waals surface area contributed by atoms with Crippen LogP contribution in [0.25, 0.3) is 0 Å². The molecule has 0 aliphatic heterocycles. The van der Waals surface area contributed by atoms with E-state index in [0.29, 0.717) is 17.9 Å². The Kier molecular flexibility index (Phi) is 8.79. The smallest absolute Gasteiger partial charge is 0.232 e. The third-order valence-electron chi connectivity index (χ3n) is 4.91. The molecule has 0 unspecified atom stereocenters. The third kappa shape index (κ3) is 7.54. The van der Waals surface area contributed by atoms with Gasteiger partial charge in [0.15, 0.2) is 0 Å². The van der Waals surface area contributed by atoms with Gasteiger partial charge >= 0.3 is 0 Å². The number of carbonyl (C=O) groups is 1. The lowest BCUT2D eigenvalue weighted by atomic mass is 10.2. The van der Waals surface area contributed by atoms with Crippen molar-refractivity contribution in [3.63, 3.8) is 0 Å². The largest absolute Gasteiger partial charge is 0.495 e. The Hall–Kier alpha value is -2.97. The second-order valence-corrected chi connectivity index (χ2v) is 10.4. The molecule has 0 fully saturated rings. The van der Waals surface area contributed by atoms with Crippen molar-refractivity contribution < 1.29 is 17.9 Å². The molecule has 0 heterocycles. The van der Waals surface area contributed by atoms with Gasteiger partial charge in [-0.1, -0.05) is 42.5 Å². The highest BCUT2D eigenvalue weighted by atomic mass is 32.2. The molecule has 0 saturated carbocycles. The van der Waals surface area contributed by atoms with Crippen LogP contribution in [-0.2, 0) is 20.6 Å². The average Bonchev–Trinajstić information content (AvgIpc) is 2.81. The minimum absolute atomic E-state index is 0.158. The number of methoxy groups -OCH3 is 1. The number of nitrogens with one attached hydrogen (secondary N) is 1. The Morgan fingerprint density at radius 1 is 0.970 bits per heavy atom. The summed E-state index contributed by atoms with van der Waals surface area (Å²) in [5.41, 5.74) is 2.35. The number of para-hydroxylation sites is 2. The summed E-state index contributed by atoms with van der Waals surface area (Å²) in [4.78, 5) is 13.6. The number of amides is 1. The monoisotopic (exact) mass is 484 g/mol. The fourth-order valence-corrected chi connectivity index (χ4v) is 5.12. The maximum absolute atomic E-state index is 12.4. The molecule has 3 aromatic carbocycles. The zero-order valence-corrected chi connectivity index (χ0v) is 20.4. The summed E-state index contributed by atoms with van der Waals surface area (Å²) in [6.45, 7) is 0.183. The number of thioether (sulfide) groups is 1. The summed E-state index contributed by atoms with van der Waals surface area (Å²) in [5, 5.41) is 2.88. The van der Waals surface area contributed by atoms with Crippen LogP contribution in [-0.4, -0.2) is 34.2 Å². The van der Waals surface area contributed by atoms with Gasteiger partial charge in [-0.3, -0.25) is 9.10 Å². The molecule has 33 heavy (non-hydrogen) atoms. The summed E-state index contributed by atoms with van der Waals surface area (Å²) in [6.07, 6.45) is 1.73. The van der Waals surface area contributed by atoms with Gasteiger partial charge in [0.05, 0.1) is 19.1 Å². The van der Waals surface area contributed by atoms with Gasteiger partial charge in [0.25, 0.3) is 0 Å². The van der Waals surface area contributed by atoms with E-state index in [9.17, 15) is 13.2 Å². The van der Waals surface area contributed by atoms with Crippen molar-refractivity contribution in [1.82, 2.24) is 0 Å². The highest BCUT2D eigenvalue weighted by Crippen LogP contribution is 2.29. The number of anilines is 2. The van der Waals surface area contributed by atoms with Gasteiger partial charge in [0, 0.05) is 29.3 Å². The molecule has 0 aromatic heterocycles. The Morgan fingerprint density at radius 3 is 2.30 bits per heavy atom. The van der Waals surface area contributed by atoms with Crippen LogP contribution >= 0.6 is 11.8 Å². The predicted molar refractivity (Wildman–Crippen MR) is 135 cm³/mol. The number of rotatable bonds is 11. The molecule has 1 N–H and O–H groups in total. The van der Waals surface area contributed by atoms with Gasteiger partial charge < -0.3 is 10.1 Å². The third-order valence-corrected chi connectivity index (χ3v) is 7.17. The molecular weight excluding hydrogens is 456 g/mol. The molecule has 3 rings (SSSR count). The number of benzene rings is 3. The normalized spacial score (nSPS) is 11.1. The Bertz CT molecular complexity index is 1150. The van der Waals surface area contributed by atoms with E-state index in [4.69, 9.17) is 4.74 Å². The molecule has 6 nitrogen and oxygen atoms in total. The van der Waals surface area contributed by atoms with Crippen LogP contribution in [0.4, 0.5) is 11.4 Å². The van der Waals surface area contributed by atoms with Gasteiger partial charge in [-0.15, -0.1) is 11.8 Å². The molecular formula is C25H28N2O4S2. The van der Waals surface area contributed by atoms with Crippen LogP contribution in [0, 0.1) is 0 Å². The molecule has 3 aromatic rings. The van der Waals surface area contributed by atoms with E-state index >= 15 is 0 Å². The van der Waals surface area contributed by atoms with Crippen LogP contribution in [0.1, 0.15) is 18.4 Å². The number of sulfonamides is 1. The van der Waals surface area contributed by atoms with E-state index in [-0.39, 0.29) is 18.9 Å². The van der Waals surface area contributed by atoms with Crippen molar-refractivity contribution in [3.05, 3.63) is 84.4 Å². The lowest BCUT2D eigenvalue weighted by Gasteiger charge is -2.24. The van der Waals surface area contributed by atoms with E-state index in [0.717, 1.165) is 17.7 Å². The summed E-state index contributed by atoms with van der Waals surface area (Å²) in [7, 11) is -2.02. The van der Waals surface area contributed by atoms with Crippen molar-refractivity contribution in [2.75, 3.05) is 29.5 Å². The molecule has 0 spiro atoms. The SMILES string of the molecule is COc1ccccc1N(CCCC(=O)Nc1ccc(CSc2ccccc2)cc1)S(C)(=O)=O. The molecule has 0 aliphatic carbocycles. The number of ether oxygens (including phenoxy) is 1. The first-order valence-electron chi connectivity index (χ1n) is 10.5. The zero-order chi connectivity index (χ0) is 23.7. The van der Waals surface area contributed by atoms with E-state index in [2.05, 4.69) is 17.4 Å². The van der Waals surface area contributed by atoms with Crippen LogP contribution in [0.5, 0.6) is 5.75 Å². The number of hydrogen-bond acceptors (Lipinski definition) is 5. The molecule has 0 radical (unpaired) electrons. The van der Waals surface area contributed by atoms with Crippen molar-refractivity contribution in [3.8, 4) is 5.75 Å². The summed E-state index contributed by atoms with van der Waals surface area (Å²) < 4.78 is 31.2. The first kappa shape index (κ1) is 24.7. The lowest BCUT2D eigenvalue weighted by molar-refractivity contribution is -0.116. The van der Waals surface area contributed by atoms with E-state index < -0.39 is 10.0 Å². The Balaban J connectivity index is 1.51. The molecule has 1 amide bonds. The van der Waals surface area contributed by atoms with E-state index in [1.807, 2.05) is 42.5 Å². The molecule has 0 saturated heterocycles. The van der Waals surface area contributed by atoms with Gasteiger partial charge in [0.2, 0.25) is 15.9 Å². The standard InChI is InChI=1S/C25H28N2O4S2/c1-31-24-12-7-6-11-23(24)27(33(2,29)30)18-8-13-25(28)26-21-16-14-20(15-17-21)19-32-22-9-4-3-5-10-22/h3-7,9-12,14-17H,8,13,18-19H2,1-2H3,(H,26,28). The maximum Gasteiger partial charge on any atom is 0.232 e. The fourth-order valence-electron chi connectivity index (χ4n) is 3.28. The molecule has 0 atom stereocenters. The van der Waals surface area contributed by atoms with Crippen LogP contribution in [0.2, 0.25) is 0 Å². The van der Waals surface area contributed by atoms with Crippen molar-refractivity contribution in [2.24, 2.45) is 0 Å². The summed E-state index contributed by atoms with van der Waals surface area (Å²) >= 11 is 1.76. The van der Waals surface area contributed by atoms with Crippen LogP contribution in [0.15, 0.2) is 83.8 Å². The van der Waals surface area contributed by atoms with Gasteiger partial charge in [-0.2, -0.15) is 0 Å². The maximum atomic E-state index is 12.4. The first-order chi connectivity index (χ1) is 15.9. The number of carbonyl (C=O) groups excluding carboxylic acids is 1. The minimum atomic E-state index is -3.52. The zero-order valence-electron chi connectivity index (χ0n) is 18.7.